The van der Waals surface area contributed by atoms with Gasteiger partial charge in [0.05, 0.1) is 12.0 Å². The quantitative estimate of drug-likeness (QED) is 0.774. The van der Waals surface area contributed by atoms with Crippen LogP contribution in [-0.2, 0) is 11.2 Å². The minimum atomic E-state index is -0.970. The van der Waals surface area contributed by atoms with E-state index in [-0.39, 0.29) is 23.8 Å². The fraction of sp³-hybridized carbons (Fsp3) is 0.462. The summed E-state index contributed by atoms with van der Waals surface area (Å²) in [5.41, 5.74) is -0.472. The van der Waals surface area contributed by atoms with E-state index in [1.54, 1.807) is 20.9 Å². The average molecular weight is 276 g/mol. The highest BCUT2D eigenvalue weighted by atomic mass is 35.5. The van der Waals surface area contributed by atoms with E-state index in [9.17, 15) is 13.6 Å². The number of rotatable bonds is 4. The SMILES string of the molecule is CN(C(=O)Cc1cccc(F)c1F)C(C)(C)CCl. The number of nitrogens with zero attached hydrogens (tertiary/aromatic N) is 1. The van der Waals surface area contributed by atoms with Crippen LogP contribution in [0.4, 0.5) is 8.78 Å². The second-order valence-electron chi connectivity index (χ2n) is 4.79. The number of carbonyl (C=O) groups excluding carboxylic acids is 1. The van der Waals surface area contributed by atoms with Crippen LogP contribution in [0.15, 0.2) is 18.2 Å². The molecule has 18 heavy (non-hydrogen) atoms. The van der Waals surface area contributed by atoms with Crippen LogP contribution in [0.1, 0.15) is 19.4 Å². The van der Waals surface area contributed by atoms with Gasteiger partial charge in [-0.15, -0.1) is 11.6 Å². The molecule has 0 N–H and O–H groups in total. The molecular formula is C13H16ClF2NO. The lowest BCUT2D eigenvalue weighted by Crippen LogP contribution is -2.47. The molecule has 0 saturated carbocycles. The van der Waals surface area contributed by atoms with Gasteiger partial charge in [0.15, 0.2) is 11.6 Å². The van der Waals surface area contributed by atoms with Crippen LogP contribution in [-0.4, -0.2) is 29.3 Å². The molecule has 1 rings (SSSR count). The number of halogens is 3. The summed E-state index contributed by atoms with van der Waals surface area (Å²) >= 11 is 5.76. The number of alkyl halides is 1. The summed E-state index contributed by atoms with van der Waals surface area (Å²) in [5.74, 6) is -1.95. The van der Waals surface area contributed by atoms with Gasteiger partial charge >= 0.3 is 0 Å². The average Bonchev–Trinajstić information content (AvgIpc) is 2.33. The van der Waals surface area contributed by atoms with Gasteiger partial charge in [0.1, 0.15) is 0 Å². The molecule has 1 aromatic carbocycles. The molecule has 1 aromatic rings. The molecule has 0 aromatic heterocycles. The van der Waals surface area contributed by atoms with Crippen molar-refractivity contribution in [2.45, 2.75) is 25.8 Å². The van der Waals surface area contributed by atoms with E-state index in [0.29, 0.717) is 0 Å². The molecule has 2 nitrogen and oxygen atoms in total. The van der Waals surface area contributed by atoms with E-state index in [1.807, 2.05) is 0 Å². The van der Waals surface area contributed by atoms with Gasteiger partial charge in [-0.2, -0.15) is 0 Å². The Kier molecular flexibility index (Phi) is 4.68. The zero-order valence-electron chi connectivity index (χ0n) is 10.6. The predicted molar refractivity (Wildman–Crippen MR) is 67.6 cm³/mol. The summed E-state index contributed by atoms with van der Waals surface area (Å²) in [7, 11) is 1.60. The Balaban J connectivity index is 2.85. The molecule has 0 aliphatic carbocycles. The first kappa shape index (κ1) is 14.9. The van der Waals surface area contributed by atoms with Crippen molar-refractivity contribution in [2.24, 2.45) is 0 Å². The van der Waals surface area contributed by atoms with Gasteiger partial charge in [0.2, 0.25) is 5.91 Å². The molecule has 100 valence electrons. The number of benzene rings is 1. The van der Waals surface area contributed by atoms with Crippen molar-refractivity contribution in [1.29, 1.82) is 0 Å². The Morgan fingerprint density at radius 1 is 1.39 bits per heavy atom. The summed E-state index contributed by atoms with van der Waals surface area (Å²) in [5, 5.41) is 0. The molecule has 0 heterocycles. The number of likely N-dealkylation sites (N-methyl/N-ethyl adjacent to an activating group) is 1. The topological polar surface area (TPSA) is 20.3 Å². The molecule has 0 fully saturated rings. The maximum absolute atomic E-state index is 13.4. The van der Waals surface area contributed by atoms with Crippen LogP contribution in [0.5, 0.6) is 0 Å². The Hall–Kier alpha value is -1.16. The minimum Gasteiger partial charge on any atom is -0.339 e. The van der Waals surface area contributed by atoms with Crippen LogP contribution in [0.25, 0.3) is 0 Å². The Labute approximate surface area is 111 Å². The normalized spacial score (nSPS) is 11.4. The molecular weight excluding hydrogens is 260 g/mol. The number of hydrogen-bond donors (Lipinski definition) is 0. The first-order chi connectivity index (χ1) is 8.29. The second kappa shape index (κ2) is 5.65. The summed E-state index contributed by atoms with van der Waals surface area (Å²) < 4.78 is 26.4. The van der Waals surface area contributed by atoms with Crippen LogP contribution in [0, 0.1) is 11.6 Å². The van der Waals surface area contributed by atoms with Gasteiger partial charge in [0, 0.05) is 18.5 Å². The number of amides is 1. The highest BCUT2D eigenvalue weighted by molar-refractivity contribution is 6.18. The molecule has 0 unspecified atom stereocenters. The van der Waals surface area contributed by atoms with Gasteiger partial charge in [-0.05, 0) is 19.9 Å². The summed E-state index contributed by atoms with van der Waals surface area (Å²) in [6.07, 6.45) is -0.180. The van der Waals surface area contributed by atoms with Crippen LogP contribution >= 0.6 is 11.6 Å². The van der Waals surface area contributed by atoms with Crippen molar-refractivity contribution in [3.63, 3.8) is 0 Å². The van der Waals surface area contributed by atoms with Crippen molar-refractivity contribution >= 4 is 17.5 Å². The number of hydrogen-bond acceptors (Lipinski definition) is 1. The lowest BCUT2D eigenvalue weighted by molar-refractivity contribution is -0.133. The molecule has 0 atom stereocenters. The predicted octanol–water partition coefficient (Wildman–Crippen LogP) is 2.98. The Bertz CT molecular complexity index is 449. The van der Waals surface area contributed by atoms with Gasteiger partial charge in [-0.25, -0.2) is 8.78 Å². The van der Waals surface area contributed by atoms with Crippen LogP contribution in [0.3, 0.4) is 0 Å². The standard InChI is InChI=1S/C13H16ClF2NO/c1-13(2,8-14)17(3)11(18)7-9-5-4-6-10(15)12(9)16/h4-6H,7-8H2,1-3H3. The smallest absolute Gasteiger partial charge is 0.227 e. The van der Waals surface area contributed by atoms with E-state index < -0.39 is 17.2 Å². The van der Waals surface area contributed by atoms with Crippen molar-refractivity contribution in [1.82, 2.24) is 4.90 Å². The zero-order chi connectivity index (χ0) is 13.9. The summed E-state index contributed by atoms with van der Waals surface area (Å²) in [4.78, 5) is 13.4. The van der Waals surface area contributed by atoms with Crippen molar-refractivity contribution in [2.75, 3.05) is 12.9 Å². The third-order valence-corrected chi connectivity index (χ3v) is 3.64. The first-order valence-corrected chi connectivity index (χ1v) is 6.08. The van der Waals surface area contributed by atoms with Crippen LogP contribution < -0.4 is 0 Å². The third kappa shape index (κ3) is 3.19. The highest BCUT2D eigenvalue weighted by Crippen LogP contribution is 2.18. The second-order valence-corrected chi connectivity index (χ2v) is 5.06. The molecule has 0 spiro atoms. The summed E-state index contributed by atoms with van der Waals surface area (Å²) in [6.45, 7) is 3.61. The molecule has 5 heteroatoms. The molecule has 0 radical (unpaired) electrons. The number of carbonyl (C=O) groups is 1. The molecule has 0 aliphatic heterocycles. The molecule has 0 bridgehead atoms. The van der Waals surface area contributed by atoms with Crippen LogP contribution in [0.2, 0.25) is 0 Å². The van der Waals surface area contributed by atoms with Crippen molar-refractivity contribution in [3.05, 3.63) is 35.4 Å². The zero-order valence-corrected chi connectivity index (χ0v) is 11.4. The van der Waals surface area contributed by atoms with E-state index in [1.165, 1.54) is 17.0 Å². The van der Waals surface area contributed by atoms with E-state index in [2.05, 4.69) is 0 Å². The lowest BCUT2D eigenvalue weighted by atomic mass is 10.0. The van der Waals surface area contributed by atoms with E-state index >= 15 is 0 Å². The molecule has 0 saturated heterocycles. The van der Waals surface area contributed by atoms with Gasteiger partial charge in [-0.3, -0.25) is 4.79 Å². The summed E-state index contributed by atoms with van der Waals surface area (Å²) in [6, 6.07) is 3.81. The third-order valence-electron chi connectivity index (χ3n) is 2.98. The molecule has 1 amide bonds. The Morgan fingerprint density at radius 2 is 2.00 bits per heavy atom. The van der Waals surface area contributed by atoms with Gasteiger partial charge in [-0.1, -0.05) is 12.1 Å². The Morgan fingerprint density at radius 3 is 2.56 bits per heavy atom. The fourth-order valence-corrected chi connectivity index (χ4v) is 1.57. The lowest BCUT2D eigenvalue weighted by Gasteiger charge is -2.34. The highest BCUT2D eigenvalue weighted by Gasteiger charge is 2.27. The van der Waals surface area contributed by atoms with Crippen molar-refractivity contribution in [3.8, 4) is 0 Å². The molecule has 0 aliphatic rings. The maximum atomic E-state index is 13.4. The van der Waals surface area contributed by atoms with Gasteiger partial charge < -0.3 is 4.90 Å². The maximum Gasteiger partial charge on any atom is 0.227 e. The van der Waals surface area contributed by atoms with Crippen molar-refractivity contribution < 1.29 is 13.6 Å². The van der Waals surface area contributed by atoms with E-state index in [4.69, 9.17) is 11.6 Å². The minimum absolute atomic E-state index is 0.0530. The fourth-order valence-electron chi connectivity index (χ4n) is 1.39. The first-order valence-electron chi connectivity index (χ1n) is 5.55. The van der Waals surface area contributed by atoms with E-state index in [0.717, 1.165) is 6.07 Å². The monoisotopic (exact) mass is 275 g/mol. The van der Waals surface area contributed by atoms with Gasteiger partial charge in [0.25, 0.3) is 0 Å². The largest absolute Gasteiger partial charge is 0.339 e.